The van der Waals surface area contributed by atoms with Crippen molar-refractivity contribution in [1.82, 2.24) is 19.2 Å². The van der Waals surface area contributed by atoms with Crippen molar-refractivity contribution in [2.45, 2.75) is 26.8 Å². The van der Waals surface area contributed by atoms with E-state index in [4.69, 9.17) is 4.74 Å². The van der Waals surface area contributed by atoms with Gasteiger partial charge in [-0.2, -0.15) is 5.10 Å². The fourth-order valence-electron chi connectivity index (χ4n) is 4.05. The number of carbonyl (C=O) groups excluding carboxylic acids is 2. The number of nitrogens with zero attached hydrogens (tertiary/aromatic N) is 4. The number of aryl methyl sites for hydroxylation is 3. The first-order valence-electron chi connectivity index (χ1n) is 10.4. The number of esters is 1. The molecule has 2 atom stereocenters. The van der Waals surface area contributed by atoms with Crippen molar-refractivity contribution in [3.63, 3.8) is 0 Å². The van der Waals surface area contributed by atoms with Crippen LogP contribution in [0, 0.1) is 18.8 Å². The van der Waals surface area contributed by atoms with Crippen molar-refractivity contribution < 1.29 is 14.3 Å². The van der Waals surface area contributed by atoms with E-state index in [9.17, 15) is 9.59 Å². The molecule has 1 aliphatic carbocycles. The first-order valence-corrected chi connectivity index (χ1v) is 10.4. The summed E-state index contributed by atoms with van der Waals surface area (Å²) >= 11 is 0. The number of rotatable bonds is 7. The average Bonchev–Trinajstić information content (AvgIpc) is 3.32. The van der Waals surface area contributed by atoms with Gasteiger partial charge in [-0.05, 0) is 44.4 Å². The molecule has 0 radical (unpaired) electrons. The Morgan fingerprint density at radius 2 is 2.00 bits per heavy atom. The lowest BCUT2D eigenvalue weighted by molar-refractivity contribution is -0.145. The molecule has 7 nitrogen and oxygen atoms in total. The lowest BCUT2D eigenvalue weighted by Gasteiger charge is -2.22. The van der Waals surface area contributed by atoms with Crippen LogP contribution < -0.4 is 0 Å². The van der Waals surface area contributed by atoms with E-state index in [2.05, 4.69) is 5.10 Å². The Morgan fingerprint density at radius 1 is 1.23 bits per heavy atom. The maximum Gasteiger partial charge on any atom is 0.309 e. The van der Waals surface area contributed by atoms with Crippen molar-refractivity contribution >= 4 is 22.8 Å². The van der Waals surface area contributed by atoms with Crippen LogP contribution in [0.25, 0.3) is 10.9 Å². The molecule has 0 N–H and O–H groups in total. The van der Waals surface area contributed by atoms with Gasteiger partial charge in [0.25, 0.3) is 5.91 Å². The molecule has 1 aliphatic rings. The number of para-hydroxylation sites is 1. The number of carbonyl (C=O) groups is 2. The lowest BCUT2D eigenvalue weighted by Crippen LogP contribution is -2.34. The van der Waals surface area contributed by atoms with Crippen LogP contribution in [0.3, 0.4) is 0 Å². The van der Waals surface area contributed by atoms with Gasteiger partial charge in [0.05, 0.1) is 24.8 Å². The molecular formula is C23H28N4O3. The van der Waals surface area contributed by atoms with Crippen molar-refractivity contribution in [2.24, 2.45) is 25.9 Å². The summed E-state index contributed by atoms with van der Waals surface area (Å²) in [5, 5.41) is 5.56. The van der Waals surface area contributed by atoms with Crippen molar-refractivity contribution in [3.05, 3.63) is 53.5 Å². The number of benzene rings is 1. The Bertz CT molecular complexity index is 1080. The number of hydrogen-bond donors (Lipinski definition) is 0. The van der Waals surface area contributed by atoms with Gasteiger partial charge in [0, 0.05) is 37.2 Å². The molecule has 1 fully saturated rings. The molecule has 1 saturated carbocycles. The fourth-order valence-corrected chi connectivity index (χ4v) is 4.05. The van der Waals surface area contributed by atoms with Gasteiger partial charge in [0.2, 0.25) is 0 Å². The average molecular weight is 409 g/mol. The Balaban J connectivity index is 1.59. The zero-order valence-corrected chi connectivity index (χ0v) is 18.0. The SMILES string of the molecule is CCOC(=O)[C@@H]1C[C@H]1CN(Cc1cc(C)n(C)n1)C(=O)c1cc2ccccc2n1C. The van der Waals surface area contributed by atoms with Gasteiger partial charge in [-0.15, -0.1) is 0 Å². The normalized spacial score (nSPS) is 17.9. The van der Waals surface area contributed by atoms with Gasteiger partial charge in [-0.25, -0.2) is 0 Å². The van der Waals surface area contributed by atoms with Crippen molar-refractivity contribution in [2.75, 3.05) is 13.2 Å². The number of fused-ring (bicyclic) bond motifs is 1. The van der Waals surface area contributed by atoms with Crippen LogP contribution in [0.2, 0.25) is 0 Å². The first-order chi connectivity index (χ1) is 14.4. The van der Waals surface area contributed by atoms with E-state index >= 15 is 0 Å². The minimum Gasteiger partial charge on any atom is -0.466 e. The van der Waals surface area contributed by atoms with Crippen LogP contribution in [0.1, 0.15) is 35.2 Å². The summed E-state index contributed by atoms with van der Waals surface area (Å²) in [6.45, 7) is 5.11. The van der Waals surface area contributed by atoms with Crippen LogP contribution >= 0.6 is 0 Å². The number of aromatic nitrogens is 3. The van der Waals surface area contributed by atoms with E-state index in [0.29, 0.717) is 25.4 Å². The molecule has 4 rings (SSSR count). The van der Waals surface area contributed by atoms with Crippen LogP contribution in [-0.2, 0) is 30.2 Å². The van der Waals surface area contributed by atoms with Crippen molar-refractivity contribution in [3.8, 4) is 0 Å². The van der Waals surface area contributed by atoms with Gasteiger partial charge in [0.15, 0.2) is 0 Å². The predicted octanol–water partition coefficient (Wildman–Crippen LogP) is 3.06. The van der Waals surface area contributed by atoms with Crippen LogP contribution in [0.15, 0.2) is 36.4 Å². The van der Waals surface area contributed by atoms with Crippen LogP contribution in [-0.4, -0.2) is 44.3 Å². The topological polar surface area (TPSA) is 69.4 Å². The third-order valence-corrected chi connectivity index (χ3v) is 5.94. The van der Waals surface area contributed by atoms with E-state index in [0.717, 1.165) is 28.7 Å². The summed E-state index contributed by atoms with van der Waals surface area (Å²) in [4.78, 5) is 27.4. The smallest absolute Gasteiger partial charge is 0.309 e. The van der Waals surface area contributed by atoms with Crippen molar-refractivity contribution in [1.29, 1.82) is 0 Å². The number of amides is 1. The van der Waals surface area contributed by atoms with Crippen LogP contribution in [0.4, 0.5) is 0 Å². The summed E-state index contributed by atoms with van der Waals surface area (Å²) in [6, 6.07) is 11.9. The zero-order chi connectivity index (χ0) is 21.4. The van der Waals surface area contributed by atoms with E-state index in [1.165, 1.54) is 0 Å². The summed E-state index contributed by atoms with van der Waals surface area (Å²) in [7, 11) is 3.81. The predicted molar refractivity (Wildman–Crippen MR) is 114 cm³/mol. The maximum absolute atomic E-state index is 13.6. The second-order valence-electron chi connectivity index (χ2n) is 8.09. The molecule has 0 spiro atoms. The van der Waals surface area contributed by atoms with Gasteiger partial charge in [-0.1, -0.05) is 18.2 Å². The molecule has 0 bridgehead atoms. The molecule has 2 aromatic heterocycles. The summed E-state index contributed by atoms with van der Waals surface area (Å²) in [5.74, 6) is -0.189. The van der Waals surface area contributed by atoms with Gasteiger partial charge in [-0.3, -0.25) is 14.3 Å². The highest BCUT2D eigenvalue weighted by atomic mass is 16.5. The highest BCUT2D eigenvalue weighted by Crippen LogP contribution is 2.40. The third kappa shape index (κ3) is 3.84. The molecule has 0 unspecified atom stereocenters. The van der Waals surface area contributed by atoms with Gasteiger partial charge >= 0.3 is 5.97 Å². The molecule has 0 aliphatic heterocycles. The lowest BCUT2D eigenvalue weighted by atomic mass is 10.2. The molecule has 1 amide bonds. The number of ether oxygens (including phenoxy) is 1. The highest BCUT2D eigenvalue weighted by Gasteiger charge is 2.45. The molecule has 0 saturated heterocycles. The summed E-state index contributed by atoms with van der Waals surface area (Å²) in [5.41, 5.74) is 3.54. The molecule has 3 aromatic rings. The van der Waals surface area contributed by atoms with E-state index in [-0.39, 0.29) is 23.7 Å². The standard InChI is InChI=1S/C23H28N4O3/c1-5-30-23(29)19-11-17(19)13-27(14-18-10-15(2)26(4)24-18)22(28)21-12-16-8-6-7-9-20(16)25(21)3/h6-10,12,17,19H,5,11,13-14H2,1-4H3/t17-,19+/m0/s1. The summed E-state index contributed by atoms with van der Waals surface area (Å²) in [6.07, 6.45) is 0.763. The Kier molecular flexibility index (Phi) is 5.37. The largest absolute Gasteiger partial charge is 0.466 e. The molecular weight excluding hydrogens is 380 g/mol. The van der Waals surface area contributed by atoms with E-state index in [1.54, 1.807) is 0 Å². The Morgan fingerprint density at radius 3 is 2.67 bits per heavy atom. The third-order valence-electron chi connectivity index (χ3n) is 5.94. The zero-order valence-electron chi connectivity index (χ0n) is 18.0. The fraction of sp³-hybridized carbons (Fsp3) is 0.435. The second-order valence-corrected chi connectivity index (χ2v) is 8.09. The maximum atomic E-state index is 13.6. The van der Waals surface area contributed by atoms with E-state index in [1.807, 2.05) is 78.5 Å². The van der Waals surface area contributed by atoms with Crippen LogP contribution in [0.5, 0.6) is 0 Å². The highest BCUT2D eigenvalue weighted by molar-refractivity contribution is 5.98. The monoisotopic (exact) mass is 408 g/mol. The molecule has 7 heteroatoms. The second kappa shape index (κ2) is 7.97. The Labute approximate surface area is 176 Å². The molecule has 158 valence electrons. The van der Waals surface area contributed by atoms with E-state index < -0.39 is 0 Å². The molecule has 30 heavy (non-hydrogen) atoms. The van der Waals surface area contributed by atoms with Gasteiger partial charge in [0.1, 0.15) is 5.69 Å². The minimum atomic E-state index is -0.159. The first kappa shape index (κ1) is 20.2. The molecule has 2 heterocycles. The van der Waals surface area contributed by atoms with Gasteiger partial charge < -0.3 is 14.2 Å². The molecule has 1 aromatic carbocycles. The minimum absolute atomic E-state index is 0.0495. The quantitative estimate of drug-likeness (QED) is 0.564. The number of hydrogen-bond acceptors (Lipinski definition) is 4. The Hall–Kier alpha value is -3.09. The summed E-state index contributed by atoms with van der Waals surface area (Å²) < 4.78 is 8.90.